The van der Waals surface area contributed by atoms with E-state index in [2.05, 4.69) is 5.10 Å². The number of ketones is 1. The van der Waals surface area contributed by atoms with Gasteiger partial charge in [0.05, 0.1) is 22.7 Å². The first-order valence-electron chi connectivity index (χ1n) is 7.94. The summed E-state index contributed by atoms with van der Waals surface area (Å²) in [6.45, 7) is 3.33. The number of carbonyl (C=O) groups is 1. The number of halogens is 2. The summed E-state index contributed by atoms with van der Waals surface area (Å²) in [7, 11) is -3.04. The van der Waals surface area contributed by atoms with E-state index in [0.29, 0.717) is 17.7 Å². The summed E-state index contributed by atoms with van der Waals surface area (Å²) in [6, 6.07) is 1.54. The fraction of sp³-hybridized carbons (Fsp3) is 0.438. The summed E-state index contributed by atoms with van der Waals surface area (Å²) in [5, 5.41) is 3.68. The van der Waals surface area contributed by atoms with Crippen molar-refractivity contribution in [2.24, 2.45) is 0 Å². The van der Waals surface area contributed by atoms with E-state index in [4.69, 9.17) is 23.2 Å². The van der Waals surface area contributed by atoms with Crippen molar-refractivity contribution in [1.82, 2.24) is 14.3 Å². The first-order chi connectivity index (χ1) is 12.1. The van der Waals surface area contributed by atoms with E-state index in [-0.39, 0.29) is 39.9 Å². The Morgan fingerprint density at radius 1 is 1.35 bits per heavy atom. The molecule has 1 aliphatic rings. The molecule has 1 atom stereocenters. The number of Topliss-reactive ketones (excluding diaryl/α,β-unsaturated/α-hetero) is 1. The van der Waals surface area contributed by atoms with Gasteiger partial charge in [-0.1, -0.05) is 23.2 Å². The first kappa shape index (κ1) is 19.1. The van der Waals surface area contributed by atoms with Crippen molar-refractivity contribution in [3.63, 3.8) is 0 Å². The van der Waals surface area contributed by atoms with Gasteiger partial charge in [0.2, 0.25) is 0 Å². The molecule has 0 spiro atoms. The second kappa shape index (κ2) is 6.83. The number of hydrogen-bond acceptors (Lipinski definition) is 5. The first-order valence-corrected chi connectivity index (χ1v) is 10.5. The summed E-state index contributed by atoms with van der Waals surface area (Å²) in [4.78, 5) is 24.7. The quantitative estimate of drug-likeness (QED) is 0.711. The number of aromatic nitrogens is 3. The standard InChI is InChI=1S/C16H17Cl2N3O4S/c1-9-5-12(10(2)21(9)11-3-4-26(24,25)8-11)14(22)7-20-16(23)15(18)13(17)6-19-20/h5-6,11H,3-4,7-8H2,1-2H3/t11-/m0/s1. The third-order valence-corrected chi connectivity index (χ3v) is 7.09. The van der Waals surface area contributed by atoms with Crippen LogP contribution >= 0.6 is 23.2 Å². The molecule has 0 aliphatic carbocycles. The van der Waals surface area contributed by atoms with Crippen LogP contribution in [0.3, 0.4) is 0 Å². The van der Waals surface area contributed by atoms with Gasteiger partial charge in [-0.2, -0.15) is 5.10 Å². The topological polar surface area (TPSA) is 91.0 Å². The molecule has 0 N–H and O–H groups in total. The third-order valence-electron chi connectivity index (χ3n) is 4.59. The Bertz CT molecular complexity index is 1060. The zero-order valence-electron chi connectivity index (χ0n) is 14.2. The van der Waals surface area contributed by atoms with Crippen LogP contribution in [-0.4, -0.2) is 40.1 Å². The highest BCUT2D eigenvalue weighted by atomic mass is 35.5. The van der Waals surface area contributed by atoms with Gasteiger partial charge >= 0.3 is 0 Å². The van der Waals surface area contributed by atoms with Crippen LogP contribution in [0.1, 0.15) is 34.2 Å². The zero-order chi connectivity index (χ0) is 19.2. The molecule has 26 heavy (non-hydrogen) atoms. The van der Waals surface area contributed by atoms with Crippen LogP contribution in [0.5, 0.6) is 0 Å². The van der Waals surface area contributed by atoms with Crippen molar-refractivity contribution in [1.29, 1.82) is 0 Å². The SMILES string of the molecule is Cc1cc(C(=O)Cn2ncc(Cl)c(Cl)c2=O)c(C)n1[C@H]1CCS(=O)(=O)C1. The highest BCUT2D eigenvalue weighted by Gasteiger charge is 2.31. The molecule has 10 heteroatoms. The molecule has 2 aromatic heterocycles. The molecule has 0 radical (unpaired) electrons. The zero-order valence-corrected chi connectivity index (χ0v) is 16.5. The number of carbonyl (C=O) groups excluding carboxylic acids is 1. The Morgan fingerprint density at radius 3 is 2.65 bits per heavy atom. The molecule has 7 nitrogen and oxygen atoms in total. The van der Waals surface area contributed by atoms with Crippen molar-refractivity contribution in [2.45, 2.75) is 32.9 Å². The monoisotopic (exact) mass is 417 g/mol. The van der Waals surface area contributed by atoms with Gasteiger partial charge in [0, 0.05) is 23.0 Å². The Hall–Kier alpha value is -1.64. The van der Waals surface area contributed by atoms with Gasteiger partial charge < -0.3 is 4.57 Å². The van der Waals surface area contributed by atoms with E-state index in [0.717, 1.165) is 10.4 Å². The number of sulfone groups is 1. The van der Waals surface area contributed by atoms with Crippen molar-refractivity contribution in [2.75, 3.05) is 11.5 Å². The van der Waals surface area contributed by atoms with E-state index >= 15 is 0 Å². The molecule has 2 aromatic rings. The largest absolute Gasteiger partial charge is 0.344 e. The third kappa shape index (κ3) is 3.45. The van der Waals surface area contributed by atoms with Gasteiger partial charge in [0.1, 0.15) is 11.6 Å². The van der Waals surface area contributed by atoms with Gasteiger partial charge in [-0.15, -0.1) is 0 Å². The van der Waals surface area contributed by atoms with Crippen LogP contribution in [0.4, 0.5) is 0 Å². The molecule has 0 unspecified atom stereocenters. The molecule has 1 saturated heterocycles. The van der Waals surface area contributed by atoms with Gasteiger partial charge in [-0.25, -0.2) is 13.1 Å². The lowest BCUT2D eigenvalue weighted by Gasteiger charge is -2.16. The lowest BCUT2D eigenvalue weighted by atomic mass is 10.1. The van der Waals surface area contributed by atoms with E-state index in [1.807, 2.05) is 11.5 Å². The fourth-order valence-corrected chi connectivity index (χ4v) is 5.35. The number of aryl methyl sites for hydroxylation is 1. The van der Waals surface area contributed by atoms with Crippen LogP contribution in [0.2, 0.25) is 10.0 Å². The highest BCUT2D eigenvalue weighted by Crippen LogP contribution is 2.29. The highest BCUT2D eigenvalue weighted by molar-refractivity contribution is 7.91. The van der Waals surface area contributed by atoms with Crippen LogP contribution in [0.15, 0.2) is 17.1 Å². The Balaban J connectivity index is 1.91. The summed E-state index contributed by atoms with van der Waals surface area (Å²) in [5.74, 6) is -0.0797. The predicted molar refractivity (Wildman–Crippen MR) is 99.1 cm³/mol. The maximum Gasteiger partial charge on any atom is 0.287 e. The molecule has 3 heterocycles. The lowest BCUT2D eigenvalue weighted by molar-refractivity contribution is 0.0965. The average molecular weight is 418 g/mol. The fourth-order valence-electron chi connectivity index (χ4n) is 3.38. The van der Waals surface area contributed by atoms with Crippen LogP contribution in [0.25, 0.3) is 0 Å². The van der Waals surface area contributed by atoms with Gasteiger partial charge in [-0.05, 0) is 26.3 Å². The molecule has 1 fully saturated rings. The minimum absolute atomic E-state index is 0.0287. The molecule has 1 aliphatic heterocycles. The molecular weight excluding hydrogens is 401 g/mol. The van der Waals surface area contributed by atoms with Gasteiger partial charge in [-0.3, -0.25) is 9.59 Å². The van der Waals surface area contributed by atoms with Crippen LogP contribution in [-0.2, 0) is 16.4 Å². The molecule has 3 rings (SSSR count). The average Bonchev–Trinajstić information content (AvgIpc) is 3.06. The minimum atomic E-state index is -3.04. The number of hydrogen-bond donors (Lipinski definition) is 0. The van der Waals surface area contributed by atoms with Crippen molar-refractivity contribution in [3.8, 4) is 0 Å². The summed E-state index contributed by atoms with van der Waals surface area (Å²) in [6.07, 6.45) is 1.74. The second-order valence-corrected chi connectivity index (χ2v) is 9.42. The lowest BCUT2D eigenvalue weighted by Crippen LogP contribution is -2.27. The van der Waals surface area contributed by atoms with E-state index < -0.39 is 15.4 Å². The Labute approximate surface area is 160 Å². The molecule has 0 saturated carbocycles. The summed E-state index contributed by atoms with van der Waals surface area (Å²) in [5.41, 5.74) is 1.29. The van der Waals surface area contributed by atoms with E-state index in [9.17, 15) is 18.0 Å². The molecular formula is C16H17Cl2N3O4S. The predicted octanol–water partition coefficient (Wildman–Crippen LogP) is 2.21. The number of rotatable bonds is 4. The molecule has 0 aromatic carbocycles. The smallest absolute Gasteiger partial charge is 0.287 e. The van der Waals surface area contributed by atoms with E-state index in [1.165, 1.54) is 6.20 Å². The minimum Gasteiger partial charge on any atom is -0.344 e. The van der Waals surface area contributed by atoms with Crippen LogP contribution < -0.4 is 5.56 Å². The normalized spacial score (nSPS) is 19.0. The Kier molecular flexibility index (Phi) is 5.02. The van der Waals surface area contributed by atoms with E-state index in [1.54, 1.807) is 13.0 Å². The summed E-state index contributed by atoms with van der Waals surface area (Å²) >= 11 is 11.5. The van der Waals surface area contributed by atoms with Crippen molar-refractivity contribution in [3.05, 3.63) is 49.6 Å². The maximum absolute atomic E-state index is 12.7. The van der Waals surface area contributed by atoms with Gasteiger partial charge in [0.25, 0.3) is 5.56 Å². The molecule has 140 valence electrons. The molecule has 0 amide bonds. The summed E-state index contributed by atoms with van der Waals surface area (Å²) < 4.78 is 26.4. The Morgan fingerprint density at radius 2 is 2.04 bits per heavy atom. The number of nitrogens with zero attached hydrogens (tertiary/aromatic N) is 3. The van der Waals surface area contributed by atoms with Crippen molar-refractivity contribution >= 4 is 38.8 Å². The van der Waals surface area contributed by atoms with Crippen LogP contribution in [0, 0.1) is 13.8 Å². The second-order valence-electron chi connectivity index (χ2n) is 6.40. The van der Waals surface area contributed by atoms with Gasteiger partial charge in [0.15, 0.2) is 15.6 Å². The maximum atomic E-state index is 12.7. The van der Waals surface area contributed by atoms with Crippen molar-refractivity contribution < 1.29 is 13.2 Å². The molecule has 0 bridgehead atoms.